The summed E-state index contributed by atoms with van der Waals surface area (Å²) < 4.78 is 39.8. The maximum absolute atomic E-state index is 14.2. The van der Waals surface area contributed by atoms with Gasteiger partial charge in [-0.2, -0.15) is 0 Å². The summed E-state index contributed by atoms with van der Waals surface area (Å²) in [5.74, 6) is -0.247. The first-order valence-corrected chi connectivity index (χ1v) is 15.3. The van der Waals surface area contributed by atoms with Crippen LogP contribution < -0.4 is 19.1 Å². The molecule has 0 aromatic heterocycles. The topological polar surface area (TPSA) is 105 Å². The van der Waals surface area contributed by atoms with E-state index in [0.717, 1.165) is 4.31 Å². The highest BCUT2D eigenvalue weighted by atomic mass is 35.5. The van der Waals surface area contributed by atoms with E-state index in [9.17, 15) is 18.0 Å². The number of halogens is 1. The van der Waals surface area contributed by atoms with E-state index < -0.39 is 34.1 Å². The summed E-state index contributed by atoms with van der Waals surface area (Å²) in [5, 5.41) is 3.37. The van der Waals surface area contributed by atoms with E-state index in [1.807, 2.05) is 20.8 Å². The van der Waals surface area contributed by atoms with Gasteiger partial charge in [-0.25, -0.2) is 8.42 Å². The fourth-order valence-corrected chi connectivity index (χ4v) is 6.03. The molecule has 0 spiro atoms. The second-order valence-electron chi connectivity index (χ2n) is 10.6. The van der Waals surface area contributed by atoms with Crippen LogP contribution in [0.2, 0.25) is 5.02 Å². The van der Waals surface area contributed by atoms with E-state index in [0.29, 0.717) is 28.5 Å². The first-order chi connectivity index (χ1) is 19.8. The van der Waals surface area contributed by atoms with Crippen LogP contribution in [0.1, 0.15) is 39.7 Å². The lowest BCUT2D eigenvalue weighted by atomic mass is 10.1. The lowest BCUT2D eigenvalue weighted by Gasteiger charge is -2.35. The van der Waals surface area contributed by atoms with Crippen LogP contribution in [0.3, 0.4) is 0 Å². The van der Waals surface area contributed by atoms with Gasteiger partial charge in [-0.3, -0.25) is 13.9 Å². The molecule has 9 nitrogen and oxygen atoms in total. The number of ether oxygens (including phenoxy) is 2. The molecule has 0 aliphatic heterocycles. The molecule has 0 unspecified atom stereocenters. The Morgan fingerprint density at radius 1 is 0.929 bits per heavy atom. The molecule has 0 radical (unpaired) electrons. The zero-order valence-electron chi connectivity index (χ0n) is 24.8. The van der Waals surface area contributed by atoms with Gasteiger partial charge in [0.05, 0.1) is 24.8 Å². The van der Waals surface area contributed by atoms with Crippen molar-refractivity contribution in [2.24, 2.45) is 0 Å². The van der Waals surface area contributed by atoms with Crippen LogP contribution in [0.4, 0.5) is 5.69 Å². The van der Waals surface area contributed by atoms with Crippen molar-refractivity contribution in [2.75, 3.05) is 25.1 Å². The molecule has 3 aromatic rings. The lowest BCUT2D eigenvalue weighted by molar-refractivity contribution is -0.141. The van der Waals surface area contributed by atoms with Crippen molar-refractivity contribution in [3.8, 4) is 11.5 Å². The Bertz CT molecular complexity index is 1490. The van der Waals surface area contributed by atoms with Gasteiger partial charge in [0.15, 0.2) is 11.5 Å². The van der Waals surface area contributed by atoms with Crippen LogP contribution in [0, 0.1) is 0 Å². The number of hydrogen-bond donors (Lipinski definition) is 1. The number of hydrogen-bond acceptors (Lipinski definition) is 6. The van der Waals surface area contributed by atoms with Crippen LogP contribution in [0.5, 0.6) is 11.5 Å². The Balaban J connectivity index is 2.13. The third-order valence-corrected chi connectivity index (χ3v) is 8.60. The fraction of sp³-hybridized carbons (Fsp3) is 0.355. The van der Waals surface area contributed by atoms with E-state index in [2.05, 4.69) is 5.32 Å². The molecule has 226 valence electrons. The van der Waals surface area contributed by atoms with Crippen molar-refractivity contribution < 1.29 is 27.5 Å². The minimum absolute atomic E-state index is 0.000263. The number of amides is 2. The normalized spacial score (nSPS) is 12.3. The number of nitrogens with one attached hydrogen (secondary N) is 1. The van der Waals surface area contributed by atoms with E-state index in [1.54, 1.807) is 55.5 Å². The predicted octanol–water partition coefficient (Wildman–Crippen LogP) is 5.27. The molecule has 0 fully saturated rings. The first-order valence-electron chi connectivity index (χ1n) is 13.5. The van der Waals surface area contributed by atoms with Crippen molar-refractivity contribution in [3.05, 3.63) is 83.4 Å². The van der Waals surface area contributed by atoms with Crippen molar-refractivity contribution in [1.82, 2.24) is 10.2 Å². The summed E-state index contributed by atoms with van der Waals surface area (Å²) in [6.45, 7) is 6.76. The number of sulfonamides is 1. The van der Waals surface area contributed by atoms with Crippen molar-refractivity contribution in [3.63, 3.8) is 0 Å². The SMILES string of the molecule is CC[C@H](C(=O)NC(C)(C)C)N(Cc1ccccc1Cl)C(=O)CN(c1ccc(OC)c(OC)c1)S(=O)(=O)c1ccccc1. The maximum Gasteiger partial charge on any atom is 0.264 e. The number of methoxy groups -OCH3 is 2. The molecule has 1 atom stereocenters. The van der Waals surface area contributed by atoms with Crippen LogP contribution in [0.25, 0.3) is 0 Å². The van der Waals surface area contributed by atoms with E-state index in [-0.39, 0.29) is 23.0 Å². The predicted molar refractivity (Wildman–Crippen MR) is 164 cm³/mol. The molecule has 0 bridgehead atoms. The lowest BCUT2D eigenvalue weighted by Crippen LogP contribution is -2.55. The molecule has 11 heteroatoms. The van der Waals surface area contributed by atoms with Gasteiger partial charge in [0.2, 0.25) is 11.8 Å². The van der Waals surface area contributed by atoms with Crippen molar-refractivity contribution in [2.45, 2.75) is 57.1 Å². The highest BCUT2D eigenvalue weighted by molar-refractivity contribution is 7.92. The number of anilines is 1. The zero-order valence-corrected chi connectivity index (χ0v) is 26.3. The van der Waals surface area contributed by atoms with Gasteiger partial charge in [0, 0.05) is 23.2 Å². The van der Waals surface area contributed by atoms with Gasteiger partial charge < -0.3 is 19.7 Å². The molecular weight excluding hydrogens is 578 g/mol. The van der Waals surface area contributed by atoms with Crippen LogP contribution in [-0.2, 0) is 26.2 Å². The summed E-state index contributed by atoms with van der Waals surface area (Å²) in [7, 11) is -1.32. The molecule has 0 aliphatic rings. The molecule has 2 amide bonds. The summed E-state index contributed by atoms with van der Waals surface area (Å²) in [6.07, 6.45) is 0.292. The molecular formula is C31H38ClN3O6S. The third kappa shape index (κ3) is 7.95. The average Bonchev–Trinajstić information content (AvgIpc) is 2.95. The Morgan fingerprint density at radius 3 is 2.12 bits per heavy atom. The van der Waals surface area contributed by atoms with Gasteiger partial charge >= 0.3 is 0 Å². The molecule has 1 N–H and O–H groups in total. The largest absolute Gasteiger partial charge is 0.493 e. The van der Waals surface area contributed by atoms with Crippen LogP contribution in [-0.4, -0.2) is 57.5 Å². The molecule has 42 heavy (non-hydrogen) atoms. The molecule has 3 aromatic carbocycles. The van der Waals surface area contributed by atoms with Gasteiger partial charge in [-0.15, -0.1) is 0 Å². The Labute approximate surface area is 253 Å². The highest BCUT2D eigenvalue weighted by Gasteiger charge is 2.35. The number of rotatable bonds is 12. The third-order valence-electron chi connectivity index (χ3n) is 6.45. The number of nitrogens with zero attached hydrogens (tertiary/aromatic N) is 2. The summed E-state index contributed by atoms with van der Waals surface area (Å²) in [6, 6.07) is 18.6. The smallest absolute Gasteiger partial charge is 0.264 e. The Hall–Kier alpha value is -3.76. The molecule has 0 aliphatic carbocycles. The molecule has 0 heterocycles. The number of benzene rings is 3. The summed E-state index contributed by atoms with van der Waals surface area (Å²) in [4.78, 5) is 29.0. The minimum atomic E-state index is -4.23. The fourth-order valence-electron chi connectivity index (χ4n) is 4.41. The average molecular weight is 616 g/mol. The minimum Gasteiger partial charge on any atom is -0.493 e. The molecule has 0 saturated heterocycles. The van der Waals surface area contributed by atoms with Crippen LogP contribution >= 0.6 is 11.6 Å². The van der Waals surface area contributed by atoms with Gasteiger partial charge in [-0.1, -0.05) is 54.9 Å². The van der Waals surface area contributed by atoms with Gasteiger partial charge in [0.1, 0.15) is 12.6 Å². The second kappa shape index (κ2) is 13.9. The standard InChI is InChI=1S/C31H38ClN3O6S/c1-7-26(30(37)33-31(2,3)4)34(20-22-13-11-12-16-25(22)32)29(36)21-35(42(38,39)24-14-9-8-10-15-24)23-17-18-27(40-5)28(19-23)41-6/h8-19,26H,7,20-21H2,1-6H3,(H,33,37)/t26-/m1/s1. The summed E-state index contributed by atoms with van der Waals surface area (Å²) in [5.41, 5.74) is 0.263. The van der Waals surface area contributed by atoms with E-state index in [1.165, 1.54) is 43.4 Å². The van der Waals surface area contributed by atoms with E-state index in [4.69, 9.17) is 21.1 Å². The molecule has 0 saturated carbocycles. The maximum atomic E-state index is 14.2. The number of carbonyl (C=O) groups excluding carboxylic acids is 2. The zero-order chi connectivity index (χ0) is 31.1. The molecule has 3 rings (SSSR count). The quantitative estimate of drug-likeness (QED) is 0.297. The van der Waals surface area contributed by atoms with E-state index >= 15 is 0 Å². The summed E-state index contributed by atoms with van der Waals surface area (Å²) >= 11 is 6.45. The van der Waals surface area contributed by atoms with Crippen LogP contribution in [0.15, 0.2) is 77.7 Å². The van der Waals surface area contributed by atoms with Crippen molar-refractivity contribution >= 4 is 39.1 Å². The second-order valence-corrected chi connectivity index (χ2v) is 12.9. The Kier molecular flexibility index (Phi) is 10.9. The van der Waals surface area contributed by atoms with Gasteiger partial charge in [-0.05, 0) is 63.1 Å². The van der Waals surface area contributed by atoms with Crippen molar-refractivity contribution in [1.29, 1.82) is 0 Å². The first kappa shape index (κ1) is 32.8. The highest BCUT2D eigenvalue weighted by Crippen LogP contribution is 2.34. The monoisotopic (exact) mass is 615 g/mol. The Morgan fingerprint density at radius 2 is 1.55 bits per heavy atom. The van der Waals surface area contributed by atoms with Gasteiger partial charge in [0.25, 0.3) is 10.0 Å². The number of carbonyl (C=O) groups is 2.